The van der Waals surface area contributed by atoms with E-state index in [9.17, 15) is 0 Å². The maximum atomic E-state index is 6.04. The minimum absolute atomic E-state index is 0.341. The minimum atomic E-state index is 0.341. The van der Waals surface area contributed by atoms with Gasteiger partial charge in [-0.3, -0.25) is 0 Å². The van der Waals surface area contributed by atoms with Crippen molar-refractivity contribution in [2.45, 2.75) is 51.0 Å². The predicted octanol–water partition coefficient (Wildman–Crippen LogP) is 2.58. The number of nitrogens with one attached hydrogen (secondary N) is 1. The van der Waals surface area contributed by atoms with Crippen LogP contribution in [0.5, 0.6) is 0 Å². The topological polar surface area (TPSA) is 21.3 Å². The van der Waals surface area contributed by atoms with Crippen LogP contribution in [0.1, 0.15) is 45.4 Å². The molecule has 1 saturated carbocycles. The monoisotopic (exact) mass is 223 g/mol. The highest BCUT2D eigenvalue weighted by Crippen LogP contribution is 2.47. The van der Waals surface area contributed by atoms with Crippen LogP contribution in [0, 0.1) is 17.8 Å². The summed E-state index contributed by atoms with van der Waals surface area (Å²) in [5, 5.41) is 3.52. The average Bonchev–Trinajstić information content (AvgIpc) is 2.28. The Morgan fingerprint density at radius 3 is 2.81 bits per heavy atom. The number of ether oxygens (including phenoxy) is 1. The van der Waals surface area contributed by atoms with Crippen molar-refractivity contribution in [1.29, 1.82) is 0 Å². The van der Waals surface area contributed by atoms with Gasteiger partial charge in [0.2, 0.25) is 0 Å². The van der Waals surface area contributed by atoms with Crippen LogP contribution >= 0.6 is 0 Å². The van der Waals surface area contributed by atoms with E-state index in [-0.39, 0.29) is 0 Å². The maximum Gasteiger partial charge on any atom is 0.0685 e. The van der Waals surface area contributed by atoms with Gasteiger partial charge in [-0.15, -0.1) is 0 Å². The molecule has 0 aromatic carbocycles. The van der Waals surface area contributed by atoms with Gasteiger partial charge in [0.1, 0.15) is 0 Å². The summed E-state index contributed by atoms with van der Waals surface area (Å²) >= 11 is 0. The molecule has 3 unspecified atom stereocenters. The van der Waals surface area contributed by atoms with Crippen LogP contribution in [0.2, 0.25) is 0 Å². The molecule has 2 aliphatic heterocycles. The summed E-state index contributed by atoms with van der Waals surface area (Å²) in [4.78, 5) is 0. The Morgan fingerprint density at radius 2 is 2.12 bits per heavy atom. The largest absolute Gasteiger partial charge is 0.375 e. The van der Waals surface area contributed by atoms with Gasteiger partial charge in [0.15, 0.2) is 0 Å². The highest BCUT2D eigenvalue weighted by Gasteiger charge is 2.45. The number of rotatable bonds is 1. The zero-order chi connectivity index (χ0) is 11.0. The van der Waals surface area contributed by atoms with Crippen molar-refractivity contribution in [2.24, 2.45) is 17.8 Å². The van der Waals surface area contributed by atoms with Crippen LogP contribution in [0.3, 0.4) is 0 Å². The Morgan fingerprint density at radius 1 is 1.25 bits per heavy atom. The summed E-state index contributed by atoms with van der Waals surface area (Å²) in [6, 6.07) is 0. The normalized spacial score (nSPS) is 42.9. The van der Waals surface area contributed by atoms with Gasteiger partial charge < -0.3 is 10.1 Å². The third-order valence-corrected chi connectivity index (χ3v) is 5.25. The second-order valence-corrected chi connectivity index (χ2v) is 6.27. The van der Waals surface area contributed by atoms with E-state index in [2.05, 4.69) is 12.2 Å². The Kier molecular flexibility index (Phi) is 2.97. The molecular formula is C14H25NO. The highest BCUT2D eigenvalue weighted by molar-refractivity contribution is 4.96. The molecule has 0 aromatic rings. The molecule has 3 aliphatic rings. The van der Waals surface area contributed by atoms with E-state index in [1.54, 1.807) is 0 Å². The van der Waals surface area contributed by atoms with Crippen LogP contribution in [-0.4, -0.2) is 25.3 Å². The number of hydrogen-bond acceptors (Lipinski definition) is 2. The van der Waals surface area contributed by atoms with Crippen LogP contribution in [0.4, 0.5) is 0 Å². The molecule has 0 amide bonds. The van der Waals surface area contributed by atoms with E-state index >= 15 is 0 Å². The Hall–Kier alpha value is -0.0800. The van der Waals surface area contributed by atoms with Crippen molar-refractivity contribution in [3.8, 4) is 0 Å². The fourth-order valence-corrected chi connectivity index (χ4v) is 4.09. The molecule has 3 fully saturated rings. The first-order valence-corrected chi connectivity index (χ1v) is 7.14. The molecule has 2 nitrogen and oxygen atoms in total. The molecule has 1 spiro atoms. The summed E-state index contributed by atoms with van der Waals surface area (Å²) in [5.74, 6) is 2.78. The Labute approximate surface area is 99.1 Å². The van der Waals surface area contributed by atoms with Gasteiger partial charge in [-0.2, -0.15) is 0 Å². The zero-order valence-corrected chi connectivity index (χ0v) is 10.5. The molecule has 92 valence electrons. The van der Waals surface area contributed by atoms with E-state index in [0.29, 0.717) is 5.60 Å². The lowest BCUT2D eigenvalue weighted by Gasteiger charge is -2.50. The molecule has 3 atom stereocenters. The molecule has 2 saturated heterocycles. The van der Waals surface area contributed by atoms with E-state index < -0.39 is 0 Å². The van der Waals surface area contributed by atoms with Gasteiger partial charge in [0.05, 0.1) is 5.60 Å². The standard InChI is InChI=1S/C14H25NO/c1-11-10-15-7-3-13(11)12-4-8-16-14(9-12)5-2-6-14/h11-13,15H,2-10H2,1H3. The Balaban J connectivity index is 1.64. The van der Waals surface area contributed by atoms with Crippen molar-refractivity contribution < 1.29 is 4.74 Å². The van der Waals surface area contributed by atoms with Gasteiger partial charge >= 0.3 is 0 Å². The fraction of sp³-hybridized carbons (Fsp3) is 1.00. The average molecular weight is 223 g/mol. The van der Waals surface area contributed by atoms with Crippen molar-refractivity contribution in [3.05, 3.63) is 0 Å². The first-order chi connectivity index (χ1) is 7.79. The van der Waals surface area contributed by atoms with Crippen LogP contribution in [0.25, 0.3) is 0 Å². The third kappa shape index (κ3) is 1.91. The first kappa shape index (κ1) is 11.0. The van der Waals surface area contributed by atoms with E-state index in [1.165, 1.54) is 51.6 Å². The number of piperidine rings is 1. The lowest BCUT2D eigenvalue weighted by molar-refractivity contribution is -0.153. The summed E-state index contributed by atoms with van der Waals surface area (Å²) in [6.45, 7) is 5.93. The van der Waals surface area contributed by atoms with Crippen molar-refractivity contribution in [2.75, 3.05) is 19.7 Å². The fourth-order valence-electron chi connectivity index (χ4n) is 4.09. The molecule has 1 N–H and O–H groups in total. The van der Waals surface area contributed by atoms with Gasteiger partial charge in [-0.1, -0.05) is 6.92 Å². The second-order valence-electron chi connectivity index (χ2n) is 6.27. The molecule has 0 radical (unpaired) electrons. The molecule has 3 rings (SSSR count). The maximum absolute atomic E-state index is 6.04. The van der Waals surface area contributed by atoms with Crippen molar-refractivity contribution in [1.82, 2.24) is 5.32 Å². The second kappa shape index (κ2) is 4.30. The van der Waals surface area contributed by atoms with Crippen LogP contribution in [-0.2, 0) is 4.74 Å². The van der Waals surface area contributed by atoms with Crippen LogP contribution in [0.15, 0.2) is 0 Å². The smallest absolute Gasteiger partial charge is 0.0685 e. The lowest BCUT2D eigenvalue weighted by Crippen LogP contribution is -2.49. The Bertz CT molecular complexity index is 249. The van der Waals surface area contributed by atoms with E-state index in [1.807, 2.05) is 0 Å². The molecule has 16 heavy (non-hydrogen) atoms. The van der Waals surface area contributed by atoms with Gasteiger partial charge in [0, 0.05) is 6.61 Å². The minimum Gasteiger partial charge on any atom is -0.375 e. The highest BCUT2D eigenvalue weighted by atomic mass is 16.5. The summed E-state index contributed by atoms with van der Waals surface area (Å²) in [7, 11) is 0. The van der Waals surface area contributed by atoms with Gasteiger partial charge in [-0.25, -0.2) is 0 Å². The SMILES string of the molecule is CC1CNCCC1C1CCOC2(CCC2)C1. The quantitative estimate of drug-likeness (QED) is 0.738. The van der Waals surface area contributed by atoms with Gasteiger partial charge in [-0.05, 0) is 69.4 Å². The summed E-state index contributed by atoms with van der Waals surface area (Å²) in [6.07, 6.45) is 8.14. The van der Waals surface area contributed by atoms with Crippen molar-refractivity contribution in [3.63, 3.8) is 0 Å². The zero-order valence-electron chi connectivity index (χ0n) is 10.5. The molecule has 2 heteroatoms. The summed E-state index contributed by atoms with van der Waals surface area (Å²) in [5.41, 5.74) is 0.341. The van der Waals surface area contributed by atoms with Gasteiger partial charge in [0.25, 0.3) is 0 Å². The third-order valence-electron chi connectivity index (χ3n) is 5.25. The predicted molar refractivity (Wildman–Crippen MR) is 65.4 cm³/mol. The van der Waals surface area contributed by atoms with Crippen LogP contribution < -0.4 is 5.32 Å². The molecule has 1 aliphatic carbocycles. The molecular weight excluding hydrogens is 198 g/mol. The van der Waals surface area contributed by atoms with E-state index in [4.69, 9.17) is 4.74 Å². The summed E-state index contributed by atoms with van der Waals surface area (Å²) < 4.78 is 6.04. The number of hydrogen-bond donors (Lipinski definition) is 1. The van der Waals surface area contributed by atoms with Crippen molar-refractivity contribution >= 4 is 0 Å². The first-order valence-electron chi connectivity index (χ1n) is 7.14. The molecule has 2 heterocycles. The lowest BCUT2D eigenvalue weighted by atomic mass is 9.66. The van der Waals surface area contributed by atoms with E-state index in [0.717, 1.165) is 24.4 Å². The molecule has 0 bridgehead atoms. The molecule has 0 aromatic heterocycles.